The number of hydrogen-bond donors (Lipinski definition) is 2. The monoisotopic (exact) mass is 314 g/mol. The number of hydrogen-bond acceptors (Lipinski definition) is 4. The van der Waals surface area contributed by atoms with Gasteiger partial charge in [-0.1, -0.05) is 48.5 Å². The number of nitrogens with one attached hydrogen (secondary N) is 2. The molecule has 0 radical (unpaired) electrons. The Morgan fingerprint density at radius 1 is 1.09 bits per heavy atom. The molecule has 114 valence electrons. The molecule has 0 atom stereocenters. The molecule has 0 fully saturated rings. The first-order valence-corrected chi connectivity index (χ1v) is 8.53. The van der Waals surface area contributed by atoms with Gasteiger partial charge in [-0.15, -0.1) is 11.8 Å². The Morgan fingerprint density at radius 2 is 1.68 bits per heavy atom. The van der Waals surface area contributed by atoms with Gasteiger partial charge in [0.1, 0.15) is 6.61 Å². The maximum absolute atomic E-state index is 11.7. The predicted molar refractivity (Wildman–Crippen MR) is 89.7 cm³/mol. The van der Waals surface area contributed by atoms with Crippen LogP contribution in [0.25, 0.3) is 11.1 Å². The molecule has 2 aromatic rings. The van der Waals surface area contributed by atoms with Crippen molar-refractivity contribution in [2.45, 2.75) is 5.92 Å². The summed E-state index contributed by atoms with van der Waals surface area (Å²) in [4.78, 5) is 11.7. The maximum Gasteiger partial charge on any atom is 0.421 e. The molecule has 0 bridgehead atoms. The number of thioether (sulfide) groups is 1. The molecule has 0 spiro atoms. The summed E-state index contributed by atoms with van der Waals surface area (Å²) in [5.41, 5.74) is 10.2. The molecule has 0 heterocycles. The highest BCUT2D eigenvalue weighted by molar-refractivity contribution is 7.98. The minimum atomic E-state index is -0.448. The van der Waals surface area contributed by atoms with Gasteiger partial charge in [-0.3, -0.25) is 5.43 Å². The highest BCUT2D eigenvalue weighted by Crippen LogP contribution is 2.44. The van der Waals surface area contributed by atoms with Crippen LogP contribution in [0.15, 0.2) is 48.5 Å². The molecular weight excluding hydrogens is 296 g/mol. The van der Waals surface area contributed by atoms with Crippen LogP contribution in [-0.4, -0.2) is 24.8 Å². The highest BCUT2D eigenvalue weighted by atomic mass is 32.2. The lowest BCUT2D eigenvalue weighted by molar-refractivity contribution is 0.139. The number of ether oxygens (including phenoxy) is 1. The Bertz CT molecular complexity index is 630. The third-order valence-corrected chi connectivity index (χ3v) is 4.18. The van der Waals surface area contributed by atoms with Gasteiger partial charge in [0, 0.05) is 5.92 Å². The molecule has 0 saturated heterocycles. The fourth-order valence-corrected chi connectivity index (χ4v) is 3.03. The standard InChI is InChI=1S/C17H18N2O2S/c1-22-11-18-19-17(20)21-10-16-14-8-4-2-6-12(14)13-7-3-5-9-15(13)16/h2-9,16,18H,10-11H2,1H3,(H,19,20). The molecule has 3 rings (SSSR count). The SMILES string of the molecule is CSCNNC(=O)OCC1c2ccccc2-c2ccccc21. The van der Waals surface area contributed by atoms with Gasteiger partial charge >= 0.3 is 6.09 Å². The lowest BCUT2D eigenvalue weighted by Gasteiger charge is -2.14. The average Bonchev–Trinajstić information content (AvgIpc) is 2.87. The van der Waals surface area contributed by atoms with E-state index in [0.717, 1.165) is 0 Å². The van der Waals surface area contributed by atoms with E-state index in [2.05, 4.69) is 35.1 Å². The predicted octanol–water partition coefficient (Wildman–Crippen LogP) is 3.35. The van der Waals surface area contributed by atoms with Crippen LogP contribution in [0, 0.1) is 0 Å². The third-order valence-electron chi connectivity index (χ3n) is 3.75. The summed E-state index contributed by atoms with van der Waals surface area (Å²) >= 11 is 1.59. The topological polar surface area (TPSA) is 50.4 Å². The van der Waals surface area contributed by atoms with Gasteiger partial charge in [0.05, 0.1) is 5.88 Å². The maximum atomic E-state index is 11.7. The second-order valence-electron chi connectivity index (χ2n) is 5.06. The van der Waals surface area contributed by atoms with Crippen molar-refractivity contribution >= 4 is 17.9 Å². The van der Waals surface area contributed by atoms with Crippen LogP contribution in [-0.2, 0) is 4.74 Å². The summed E-state index contributed by atoms with van der Waals surface area (Å²) in [5, 5.41) is 0. The molecule has 1 aliphatic rings. The van der Waals surface area contributed by atoms with Crippen LogP contribution < -0.4 is 10.9 Å². The van der Waals surface area contributed by atoms with Crippen molar-refractivity contribution in [3.63, 3.8) is 0 Å². The summed E-state index contributed by atoms with van der Waals surface area (Å²) in [7, 11) is 0. The number of carbonyl (C=O) groups is 1. The largest absolute Gasteiger partial charge is 0.448 e. The highest BCUT2D eigenvalue weighted by Gasteiger charge is 2.28. The van der Waals surface area contributed by atoms with Gasteiger partial charge in [-0.25, -0.2) is 10.2 Å². The third kappa shape index (κ3) is 2.96. The molecule has 2 N–H and O–H groups in total. The van der Waals surface area contributed by atoms with E-state index in [1.165, 1.54) is 22.3 Å². The average molecular weight is 314 g/mol. The second-order valence-corrected chi connectivity index (χ2v) is 5.93. The van der Waals surface area contributed by atoms with Gasteiger partial charge in [-0.05, 0) is 28.5 Å². The van der Waals surface area contributed by atoms with E-state index in [4.69, 9.17) is 4.74 Å². The van der Waals surface area contributed by atoms with Gasteiger partial charge in [-0.2, -0.15) is 0 Å². The van der Waals surface area contributed by atoms with Crippen molar-refractivity contribution in [2.24, 2.45) is 0 Å². The molecule has 1 amide bonds. The normalized spacial score (nSPS) is 12.6. The fourth-order valence-electron chi connectivity index (χ4n) is 2.81. The minimum Gasteiger partial charge on any atom is -0.448 e. The lowest BCUT2D eigenvalue weighted by atomic mass is 9.98. The van der Waals surface area contributed by atoms with E-state index in [-0.39, 0.29) is 5.92 Å². The quantitative estimate of drug-likeness (QED) is 0.505. The van der Waals surface area contributed by atoms with Crippen LogP contribution in [0.5, 0.6) is 0 Å². The number of rotatable bonds is 5. The summed E-state index contributed by atoms with van der Waals surface area (Å²) < 4.78 is 5.36. The van der Waals surface area contributed by atoms with Crippen molar-refractivity contribution in [3.05, 3.63) is 59.7 Å². The van der Waals surface area contributed by atoms with Crippen LogP contribution in [0.2, 0.25) is 0 Å². The smallest absolute Gasteiger partial charge is 0.421 e. The first-order valence-electron chi connectivity index (χ1n) is 7.14. The zero-order chi connectivity index (χ0) is 15.4. The van der Waals surface area contributed by atoms with Gasteiger partial charge in [0.25, 0.3) is 0 Å². The van der Waals surface area contributed by atoms with Crippen molar-refractivity contribution in [2.75, 3.05) is 18.7 Å². The van der Waals surface area contributed by atoms with Gasteiger partial charge < -0.3 is 4.74 Å². The van der Waals surface area contributed by atoms with E-state index in [0.29, 0.717) is 12.5 Å². The fraction of sp³-hybridized carbons (Fsp3) is 0.235. The van der Waals surface area contributed by atoms with Crippen LogP contribution in [0.1, 0.15) is 17.0 Å². The Balaban J connectivity index is 1.73. The second kappa shape index (κ2) is 6.85. The molecule has 0 saturated carbocycles. The number of carbonyl (C=O) groups excluding carboxylic acids is 1. The minimum absolute atomic E-state index is 0.0960. The number of fused-ring (bicyclic) bond motifs is 3. The Hall–Kier alpha value is -1.98. The summed E-state index contributed by atoms with van der Waals surface area (Å²) in [5.74, 6) is 0.739. The molecule has 0 unspecified atom stereocenters. The molecule has 2 aromatic carbocycles. The zero-order valence-electron chi connectivity index (χ0n) is 12.3. The first kappa shape index (κ1) is 14.9. The van der Waals surface area contributed by atoms with Crippen molar-refractivity contribution in [1.29, 1.82) is 0 Å². The molecular formula is C17H18N2O2S. The molecule has 0 aromatic heterocycles. The van der Waals surface area contributed by atoms with Crippen LogP contribution >= 0.6 is 11.8 Å². The van der Waals surface area contributed by atoms with Gasteiger partial charge in [0.2, 0.25) is 0 Å². The Labute approximate surface area is 134 Å². The van der Waals surface area contributed by atoms with E-state index in [9.17, 15) is 4.79 Å². The molecule has 0 aliphatic heterocycles. The van der Waals surface area contributed by atoms with Crippen molar-refractivity contribution in [1.82, 2.24) is 10.9 Å². The summed E-state index contributed by atoms with van der Waals surface area (Å²) in [6.07, 6.45) is 1.50. The van der Waals surface area contributed by atoms with Crippen LogP contribution in [0.3, 0.4) is 0 Å². The number of amides is 1. The van der Waals surface area contributed by atoms with E-state index in [1.54, 1.807) is 11.8 Å². The summed E-state index contributed by atoms with van der Waals surface area (Å²) in [6.45, 7) is 0.334. The molecule has 1 aliphatic carbocycles. The van der Waals surface area contributed by atoms with E-state index < -0.39 is 6.09 Å². The lowest BCUT2D eigenvalue weighted by Crippen LogP contribution is -2.37. The van der Waals surface area contributed by atoms with E-state index >= 15 is 0 Å². The molecule has 5 heteroatoms. The molecule has 22 heavy (non-hydrogen) atoms. The first-order chi connectivity index (χ1) is 10.8. The van der Waals surface area contributed by atoms with Crippen LogP contribution in [0.4, 0.5) is 4.79 Å². The van der Waals surface area contributed by atoms with E-state index in [1.807, 2.05) is 30.5 Å². The Kier molecular flexibility index (Phi) is 4.65. The number of hydrazine groups is 1. The summed E-state index contributed by atoms with van der Waals surface area (Å²) in [6, 6.07) is 16.6. The molecule has 4 nitrogen and oxygen atoms in total. The van der Waals surface area contributed by atoms with Gasteiger partial charge in [0.15, 0.2) is 0 Å². The van der Waals surface area contributed by atoms with Crippen molar-refractivity contribution < 1.29 is 9.53 Å². The Morgan fingerprint density at radius 3 is 2.27 bits per heavy atom. The zero-order valence-corrected chi connectivity index (χ0v) is 13.2. The van der Waals surface area contributed by atoms with Crippen molar-refractivity contribution in [3.8, 4) is 11.1 Å². The number of benzene rings is 2.